The lowest BCUT2D eigenvalue weighted by atomic mass is 10.1. The summed E-state index contributed by atoms with van der Waals surface area (Å²) in [6, 6.07) is 8.05. The van der Waals surface area contributed by atoms with Crippen molar-refractivity contribution in [2.45, 2.75) is 46.6 Å². The normalized spacial score (nSPS) is 10.8. The molecular formula is C16H25NO2. The van der Waals surface area contributed by atoms with Gasteiger partial charge in [0.1, 0.15) is 5.75 Å². The van der Waals surface area contributed by atoms with Gasteiger partial charge in [-0.25, -0.2) is 0 Å². The van der Waals surface area contributed by atoms with Gasteiger partial charge in [0.2, 0.25) is 5.91 Å². The van der Waals surface area contributed by atoms with Gasteiger partial charge in [0, 0.05) is 13.0 Å². The second-order valence-electron chi connectivity index (χ2n) is 5.51. The Labute approximate surface area is 116 Å². The van der Waals surface area contributed by atoms with E-state index in [1.165, 1.54) is 5.56 Å². The standard InChI is InChI=1S/C16H25NO2/c1-12(2)11-16(18)17-10-9-14-5-7-15(8-6-14)19-13(3)4/h5-8,12-13H,9-11H2,1-4H3,(H,17,18). The molecule has 0 atom stereocenters. The first-order valence-corrected chi connectivity index (χ1v) is 6.99. The van der Waals surface area contributed by atoms with Crippen molar-refractivity contribution in [1.82, 2.24) is 5.32 Å². The first-order valence-electron chi connectivity index (χ1n) is 6.99. The van der Waals surface area contributed by atoms with Crippen molar-refractivity contribution in [3.05, 3.63) is 29.8 Å². The third kappa shape index (κ3) is 6.85. The van der Waals surface area contributed by atoms with Gasteiger partial charge in [-0.15, -0.1) is 0 Å². The van der Waals surface area contributed by atoms with Gasteiger partial charge < -0.3 is 10.1 Å². The average molecular weight is 263 g/mol. The van der Waals surface area contributed by atoms with Gasteiger partial charge in [0.25, 0.3) is 0 Å². The van der Waals surface area contributed by atoms with Gasteiger partial charge in [0.05, 0.1) is 6.10 Å². The van der Waals surface area contributed by atoms with Crippen molar-refractivity contribution < 1.29 is 9.53 Å². The van der Waals surface area contributed by atoms with E-state index in [2.05, 4.69) is 5.32 Å². The molecule has 1 aromatic rings. The number of carbonyl (C=O) groups excluding carboxylic acids is 1. The fraction of sp³-hybridized carbons (Fsp3) is 0.562. The van der Waals surface area contributed by atoms with E-state index in [0.29, 0.717) is 18.9 Å². The number of benzene rings is 1. The van der Waals surface area contributed by atoms with Crippen LogP contribution in [0.2, 0.25) is 0 Å². The highest BCUT2D eigenvalue weighted by molar-refractivity contribution is 5.76. The lowest BCUT2D eigenvalue weighted by Crippen LogP contribution is -2.26. The molecule has 0 aliphatic heterocycles. The van der Waals surface area contributed by atoms with Gasteiger partial charge in [-0.2, -0.15) is 0 Å². The highest BCUT2D eigenvalue weighted by Crippen LogP contribution is 2.13. The third-order valence-corrected chi connectivity index (χ3v) is 2.62. The van der Waals surface area contributed by atoms with Crippen molar-refractivity contribution >= 4 is 5.91 Å². The molecule has 1 N–H and O–H groups in total. The Morgan fingerprint density at radius 1 is 1.16 bits per heavy atom. The van der Waals surface area contributed by atoms with Crippen LogP contribution in [0, 0.1) is 5.92 Å². The zero-order chi connectivity index (χ0) is 14.3. The number of ether oxygens (including phenoxy) is 1. The zero-order valence-electron chi connectivity index (χ0n) is 12.4. The molecule has 0 saturated heterocycles. The summed E-state index contributed by atoms with van der Waals surface area (Å²) in [5.74, 6) is 1.44. The summed E-state index contributed by atoms with van der Waals surface area (Å²) < 4.78 is 5.59. The molecule has 0 aliphatic rings. The van der Waals surface area contributed by atoms with Crippen LogP contribution in [0.3, 0.4) is 0 Å². The number of hydrogen-bond donors (Lipinski definition) is 1. The van der Waals surface area contributed by atoms with E-state index in [1.54, 1.807) is 0 Å². The molecule has 1 rings (SSSR count). The lowest BCUT2D eigenvalue weighted by Gasteiger charge is -2.10. The summed E-state index contributed by atoms with van der Waals surface area (Å²) in [5, 5.41) is 2.94. The number of nitrogens with one attached hydrogen (secondary N) is 1. The SMILES string of the molecule is CC(C)CC(=O)NCCc1ccc(OC(C)C)cc1. The Kier molecular flexibility index (Phi) is 6.40. The van der Waals surface area contributed by atoms with Crippen LogP contribution < -0.4 is 10.1 Å². The Morgan fingerprint density at radius 2 is 1.79 bits per heavy atom. The van der Waals surface area contributed by atoms with Crippen LogP contribution >= 0.6 is 0 Å². The molecule has 0 aromatic heterocycles. The Morgan fingerprint density at radius 3 is 2.32 bits per heavy atom. The van der Waals surface area contributed by atoms with Crippen molar-refractivity contribution in [3.63, 3.8) is 0 Å². The molecule has 0 bridgehead atoms. The van der Waals surface area contributed by atoms with E-state index in [4.69, 9.17) is 4.74 Å². The summed E-state index contributed by atoms with van der Waals surface area (Å²) >= 11 is 0. The Bertz CT molecular complexity index is 382. The molecule has 0 saturated carbocycles. The molecule has 3 nitrogen and oxygen atoms in total. The predicted octanol–water partition coefficient (Wildman–Crippen LogP) is 3.18. The van der Waals surface area contributed by atoms with Crippen molar-refractivity contribution in [2.24, 2.45) is 5.92 Å². The van der Waals surface area contributed by atoms with Gasteiger partial charge >= 0.3 is 0 Å². The van der Waals surface area contributed by atoms with Crippen LogP contribution in [0.1, 0.15) is 39.7 Å². The van der Waals surface area contributed by atoms with E-state index in [-0.39, 0.29) is 12.0 Å². The van der Waals surface area contributed by atoms with E-state index in [1.807, 2.05) is 52.0 Å². The topological polar surface area (TPSA) is 38.3 Å². The molecule has 0 spiro atoms. The number of amides is 1. The van der Waals surface area contributed by atoms with Crippen molar-refractivity contribution in [1.29, 1.82) is 0 Å². The monoisotopic (exact) mass is 263 g/mol. The molecule has 0 fully saturated rings. The molecule has 1 aromatic carbocycles. The smallest absolute Gasteiger partial charge is 0.220 e. The molecule has 1 amide bonds. The summed E-state index contributed by atoms with van der Waals surface area (Å²) in [7, 11) is 0. The van der Waals surface area contributed by atoms with Crippen LogP contribution in [0.4, 0.5) is 0 Å². The van der Waals surface area contributed by atoms with Crippen LogP contribution in [-0.2, 0) is 11.2 Å². The van der Waals surface area contributed by atoms with Crippen LogP contribution in [0.5, 0.6) is 5.75 Å². The minimum absolute atomic E-state index is 0.134. The number of carbonyl (C=O) groups is 1. The van der Waals surface area contributed by atoms with Gasteiger partial charge in [-0.1, -0.05) is 26.0 Å². The molecule has 0 radical (unpaired) electrons. The van der Waals surface area contributed by atoms with E-state index >= 15 is 0 Å². The molecule has 0 aliphatic carbocycles. The summed E-state index contributed by atoms with van der Waals surface area (Å²) in [5.41, 5.74) is 1.21. The summed E-state index contributed by atoms with van der Waals surface area (Å²) in [6.45, 7) is 8.81. The van der Waals surface area contributed by atoms with Crippen LogP contribution in [0.15, 0.2) is 24.3 Å². The molecular weight excluding hydrogens is 238 g/mol. The van der Waals surface area contributed by atoms with Crippen LogP contribution in [-0.4, -0.2) is 18.6 Å². The summed E-state index contributed by atoms with van der Waals surface area (Å²) in [6.07, 6.45) is 1.65. The van der Waals surface area contributed by atoms with E-state index < -0.39 is 0 Å². The Balaban J connectivity index is 2.32. The molecule has 3 heteroatoms. The largest absolute Gasteiger partial charge is 0.491 e. The zero-order valence-corrected chi connectivity index (χ0v) is 12.4. The maximum atomic E-state index is 11.5. The van der Waals surface area contributed by atoms with Gasteiger partial charge in [-0.3, -0.25) is 4.79 Å². The lowest BCUT2D eigenvalue weighted by molar-refractivity contribution is -0.121. The van der Waals surface area contributed by atoms with E-state index in [0.717, 1.165) is 12.2 Å². The minimum atomic E-state index is 0.134. The second kappa shape index (κ2) is 7.82. The van der Waals surface area contributed by atoms with Crippen molar-refractivity contribution in [3.8, 4) is 5.75 Å². The quantitative estimate of drug-likeness (QED) is 0.820. The van der Waals surface area contributed by atoms with Crippen molar-refractivity contribution in [2.75, 3.05) is 6.54 Å². The maximum Gasteiger partial charge on any atom is 0.220 e. The van der Waals surface area contributed by atoms with Gasteiger partial charge in [0.15, 0.2) is 0 Å². The fourth-order valence-electron chi connectivity index (χ4n) is 1.80. The predicted molar refractivity (Wildman–Crippen MR) is 78.4 cm³/mol. The first-order chi connectivity index (χ1) is 8.97. The van der Waals surface area contributed by atoms with Crippen LogP contribution in [0.25, 0.3) is 0 Å². The Hall–Kier alpha value is -1.51. The molecule has 106 valence electrons. The average Bonchev–Trinajstić information content (AvgIpc) is 2.29. The highest BCUT2D eigenvalue weighted by atomic mass is 16.5. The molecule has 0 unspecified atom stereocenters. The summed E-state index contributed by atoms with van der Waals surface area (Å²) in [4.78, 5) is 11.5. The van der Waals surface area contributed by atoms with E-state index in [9.17, 15) is 4.79 Å². The maximum absolute atomic E-state index is 11.5. The first kappa shape index (κ1) is 15.5. The second-order valence-corrected chi connectivity index (χ2v) is 5.51. The minimum Gasteiger partial charge on any atom is -0.491 e. The highest BCUT2D eigenvalue weighted by Gasteiger charge is 2.04. The number of rotatable bonds is 7. The molecule has 0 heterocycles. The fourth-order valence-corrected chi connectivity index (χ4v) is 1.80. The number of hydrogen-bond acceptors (Lipinski definition) is 2. The van der Waals surface area contributed by atoms with Gasteiger partial charge in [-0.05, 0) is 43.9 Å². The third-order valence-electron chi connectivity index (χ3n) is 2.62. The molecule has 19 heavy (non-hydrogen) atoms.